The maximum absolute atomic E-state index is 12.3. The zero-order valence-electron chi connectivity index (χ0n) is 12.8. The highest BCUT2D eigenvalue weighted by molar-refractivity contribution is 5.82. The molecule has 5 heteroatoms. The number of nitrogens with zero attached hydrogens (tertiary/aromatic N) is 3. The first kappa shape index (κ1) is 14.8. The second-order valence-electron chi connectivity index (χ2n) is 6.21. The van der Waals surface area contributed by atoms with Crippen molar-refractivity contribution in [3.8, 4) is 0 Å². The topological polar surface area (TPSA) is 58.1 Å². The Kier molecular flexibility index (Phi) is 4.26. The number of aryl methyl sites for hydroxylation is 1. The molecular weight excluding hydrogens is 252 g/mol. The van der Waals surface area contributed by atoms with Crippen LogP contribution in [0.5, 0.6) is 0 Å². The lowest BCUT2D eigenvalue weighted by Crippen LogP contribution is -2.49. The average Bonchev–Trinajstić information content (AvgIpc) is 2.40. The van der Waals surface area contributed by atoms with Gasteiger partial charge >= 0.3 is 0 Å². The van der Waals surface area contributed by atoms with Crippen molar-refractivity contribution in [2.75, 3.05) is 18.0 Å². The Labute approximate surface area is 120 Å². The molecule has 1 N–H and O–H groups in total. The molecule has 1 fully saturated rings. The summed E-state index contributed by atoms with van der Waals surface area (Å²) in [7, 11) is 0. The predicted molar refractivity (Wildman–Crippen MR) is 79.6 cm³/mol. The van der Waals surface area contributed by atoms with Gasteiger partial charge in [0.15, 0.2) is 5.82 Å². The summed E-state index contributed by atoms with van der Waals surface area (Å²) in [5.41, 5.74) is 0.658. The maximum Gasteiger partial charge on any atom is 0.226 e. The second-order valence-corrected chi connectivity index (χ2v) is 6.21. The van der Waals surface area contributed by atoms with Gasteiger partial charge in [-0.05, 0) is 45.7 Å². The Morgan fingerprint density at radius 1 is 1.30 bits per heavy atom. The first-order valence-electron chi connectivity index (χ1n) is 7.27. The van der Waals surface area contributed by atoms with E-state index >= 15 is 0 Å². The Balaban J connectivity index is 1.98. The summed E-state index contributed by atoms with van der Waals surface area (Å²) in [4.78, 5) is 14.5. The van der Waals surface area contributed by atoms with Gasteiger partial charge in [-0.15, -0.1) is 5.10 Å². The molecule has 20 heavy (non-hydrogen) atoms. The molecule has 1 aliphatic rings. The molecule has 0 saturated carbocycles. The van der Waals surface area contributed by atoms with Crippen molar-refractivity contribution in [2.45, 2.75) is 46.6 Å². The SMILES string of the molecule is Cc1ccc(N2CCC(C)(C(=O)NC(C)C)CC2)nn1. The van der Waals surface area contributed by atoms with Gasteiger partial charge < -0.3 is 10.2 Å². The van der Waals surface area contributed by atoms with E-state index in [1.165, 1.54) is 0 Å². The van der Waals surface area contributed by atoms with Gasteiger partial charge in [0.25, 0.3) is 0 Å². The van der Waals surface area contributed by atoms with E-state index in [-0.39, 0.29) is 17.4 Å². The summed E-state index contributed by atoms with van der Waals surface area (Å²) in [5, 5.41) is 11.3. The lowest BCUT2D eigenvalue weighted by atomic mass is 9.79. The molecule has 2 heterocycles. The normalized spacial score (nSPS) is 18.1. The lowest BCUT2D eigenvalue weighted by molar-refractivity contribution is -0.131. The molecule has 1 amide bonds. The minimum absolute atomic E-state index is 0.169. The van der Waals surface area contributed by atoms with Crippen LogP contribution in [0.2, 0.25) is 0 Å². The number of carbonyl (C=O) groups excluding carboxylic acids is 1. The quantitative estimate of drug-likeness (QED) is 0.916. The molecule has 0 radical (unpaired) electrons. The fourth-order valence-electron chi connectivity index (χ4n) is 2.45. The minimum atomic E-state index is -0.265. The van der Waals surface area contributed by atoms with Crippen LogP contribution < -0.4 is 10.2 Å². The van der Waals surface area contributed by atoms with Gasteiger partial charge in [0.1, 0.15) is 0 Å². The predicted octanol–water partition coefficient (Wildman–Crippen LogP) is 1.92. The van der Waals surface area contributed by atoms with E-state index in [2.05, 4.69) is 27.3 Å². The minimum Gasteiger partial charge on any atom is -0.355 e. The van der Waals surface area contributed by atoms with E-state index < -0.39 is 0 Å². The van der Waals surface area contributed by atoms with Crippen molar-refractivity contribution in [2.24, 2.45) is 5.41 Å². The van der Waals surface area contributed by atoms with Gasteiger partial charge in [-0.1, -0.05) is 6.92 Å². The lowest BCUT2D eigenvalue weighted by Gasteiger charge is -2.39. The van der Waals surface area contributed by atoms with Crippen molar-refractivity contribution in [1.82, 2.24) is 15.5 Å². The van der Waals surface area contributed by atoms with Crippen LogP contribution in [0.4, 0.5) is 5.82 Å². The van der Waals surface area contributed by atoms with Crippen LogP contribution in [0.15, 0.2) is 12.1 Å². The molecule has 0 bridgehead atoms. The summed E-state index contributed by atoms with van der Waals surface area (Å²) in [6.07, 6.45) is 1.70. The third-order valence-electron chi connectivity index (χ3n) is 3.94. The Morgan fingerprint density at radius 2 is 1.95 bits per heavy atom. The Morgan fingerprint density at radius 3 is 2.45 bits per heavy atom. The first-order valence-corrected chi connectivity index (χ1v) is 7.27. The number of hydrogen-bond donors (Lipinski definition) is 1. The Bertz CT molecular complexity index is 461. The molecule has 0 aromatic carbocycles. The molecule has 110 valence electrons. The molecule has 5 nitrogen and oxygen atoms in total. The molecule has 1 saturated heterocycles. The summed E-state index contributed by atoms with van der Waals surface area (Å²) >= 11 is 0. The summed E-state index contributed by atoms with van der Waals surface area (Å²) < 4.78 is 0. The van der Waals surface area contributed by atoms with Crippen LogP contribution in [0.1, 0.15) is 39.3 Å². The van der Waals surface area contributed by atoms with E-state index in [0.29, 0.717) is 0 Å². The van der Waals surface area contributed by atoms with E-state index in [0.717, 1.165) is 37.4 Å². The Hall–Kier alpha value is -1.65. The number of hydrogen-bond acceptors (Lipinski definition) is 4. The number of piperidine rings is 1. The molecule has 1 aliphatic heterocycles. The standard InChI is InChI=1S/C15H24N4O/c1-11(2)16-14(20)15(4)7-9-19(10-8-15)13-6-5-12(3)17-18-13/h5-6,11H,7-10H2,1-4H3,(H,16,20). The highest BCUT2D eigenvalue weighted by atomic mass is 16.2. The van der Waals surface area contributed by atoms with Gasteiger partial charge in [0, 0.05) is 24.5 Å². The van der Waals surface area contributed by atoms with E-state index in [1.807, 2.05) is 32.9 Å². The molecule has 0 atom stereocenters. The molecule has 1 aromatic rings. The van der Waals surface area contributed by atoms with Crippen LogP contribution >= 0.6 is 0 Å². The van der Waals surface area contributed by atoms with Gasteiger partial charge in [-0.3, -0.25) is 4.79 Å². The van der Waals surface area contributed by atoms with E-state index in [1.54, 1.807) is 0 Å². The van der Waals surface area contributed by atoms with Crippen molar-refractivity contribution < 1.29 is 4.79 Å². The van der Waals surface area contributed by atoms with Crippen molar-refractivity contribution in [1.29, 1.82) is 0 Å². The molecule has 0 unspecified atom stereocenters. The first-order chi connectivity index (χ1) is 9.40. The zero-order valence-corrected chi connectivity index (χ0v) is 12.8. The smallest absolute Gasteiger partial charge is 0.226 e. The van der Waals surface area contributed by atoms with Gasteiger partial charge in [-0.2, -0.15) is 5.10 Å². The summed E-state index contributed by atoms with van der Waals surface area (Å²) in [5.74, 6) is 1.07. The molecule has 0 spiro atoms. The van der Waals surface area contributed by atoms with Crippen LogP contribution in [0.3, 0.4) is 0 Å². The van der Waals surface area contributed by atoms with Gasteiger partial charge in [-0.25, -0.2) is 0 Å². The van der Waals surface area contributed by atoms with Gasteiger partial charge in [0.2, 0.25) is 5.91 Å². The number of anilines is 1. The largest absolute Gasteiger partial charge is 0.355 e. The highest BCUT2D eigenvalue weighted by Gasteiger charge is 2.37. The number of aromatic nitrogens is 2. The molecular formula is C15H24N4O. The van der Waals surface area contributed by atoms with Crippen LogP contribution in [0, 0.1) is 12.3 Å². The van der Waals surface area contributed by atoms with Crippen LogP contribution in [-0.4, -0.2) is 35.2 Å². The van der Waals surface area contributed by atoms with Gasteiger partial charge in [0.05, 0.1) is 5.69 Å². The number of nitrogens with one attached hydrogen (secondary N) is 1. The zero-order chi connectivity index (χ0) is 14.8. The van der Waals surface area contributed by atoms with Crippen LogP contribution in [0.25, 0.3) is 0 Å². The molecule has 2 rings (SSSR count). The highest BCUT2D eigenvalue weighted by Crippen LogP contribution is 2.32. The number of carbonyl (C=O) groups is 1. The van der Waals surface area contributed by atoms with E-state index in [4.69, 9.17) is 0 Å². The fourth-order valence-corrected chi connectivity index (χ4v) is 2.45. The van der Waals surface area contributed by atoms with Crippen molar-refractivity contribution in [3.05, 3.63) is 17.8 Å². The molecule has 1 aromatic heterocycles. The van der Waals surface area contributed by atoms with Crippen LogP contribution in [-0.2, 0) is 4.79 Å². The maximum atomic E-state index is 12.3. The number of rotatable bonds is 3. The van der Waals surface area contributed by atoms with Crippen molar-refractivity contribution in [3.63, 3.8) is 0 Å². The average molecular weight is 276 g/mol. The second kappa shape index (κ2) is 5.77. The number of amides is 1. The summed E-state index contributed by atoms with van der Waals surface area (Å²) in [6, 6.07) is 4.17. The third-order valence-corrected chi connectivity index (χ3v) is 3.94. The molecule has 0 aliphatic carbocycles. The van der Waals surface area contributed by atoms with E-state index in [9.17, 15) is 4.79 Å². The van der Waals surface area contributed by atoms with Crippen molar-refractivity contribution >= 4 is 11.7 Å². The third kappa shape index (κ3) is 3.26. The fraction of sp³-hybridized carbons (Fsp3) is 0.667. The monoisotopic (exact) mass is 276 g/mol. The summed E-state index contributed by atoms with van der Waals surface area (Å²) in [6.45, 7) is 9.68.